The third-order valence-electron chi connectivity index (χ3n) is 5.78. The van der Waals surface area contributed by atoms with Gasteiger partial charge >= 0.3 is 0 Å². The van der Waals surface area contributed by atoms with Crippen molar-refractivity contribution in [3.05, 3.63) is 112 Å². The Kier molecular flexibility index (Phi) is 11.4. The average molecular weight is 557 g/mol. The molecule has 0 spiro atoms. The molecule has 1 unspecified atom stereocenters. The summed E-state index contributed by atoms with van der Waals surface area (Å²) in [7, 11) is 1.58. The second-order valence-corrected chi connectivity index (χ2v) is 9.55. The van der Waals surface area contributed by atoms with E-state index >= 15 is 0 Å². The van der Waals surface area contributed by atoms with Gasteiger partial charge in [-0.1, -0.05) is 60.3 Å². The van der Waals surface area contributed by atoms with Crippen molar-refractivity contribution in [1.82, 2.24) is 5.32 Å². The summed E-state index contributed by atoms with van der Waals surface area (Å²) in [6.07, 6.45) is 0. The van der Waals surface area contributed by atoms with Crippen molar-refractivity contribution in [1.29, 1.82) is 5.26 Å². The van der Waals surface area contributed by atoms with Crippen molar-refractivity contribution in [2.24, 2.45) is 0 Å². The maximum atomic E-state index is 13.5. The first-order valence-electron chi connectivity index (χ1n) is 12.6. The van der Waals surface area contributed by atoms with Crippen LogP contribution in [0.4, 0.5) is 11.4 Å². The van der Waals surface area contributed by atoms with Gasteiger partial charge in [0.1, 0.15) is 5.75 Å². The standard InChI is InChI=1S/C29H26N4O3S.C2H6O/c1-19-26(28(35)33-22-11-7-4-8-12-22)27(20-13-15-23(36-2)16-14-20)24(17-30)29(31-19)37-18-25(34)32-21-9-5-3-6-10-21;1-2-3/h3-16,27,31H,18H2,1-2H3,(H,32,34)(H,33,35);3H,2H2,1H3. The third kappa shape index (κ3) is 7.99. The number of hydrogen-bond donors (Lipinski definition) is 4. The summed E-state index contributed by atoms with van der Waals surface area (Å²) in [4.78, 5) is 26.1. The number of nitriles is 1. The molecule has 9 heteroatoms. The summed E-state index contributed by atoms with van der Waals surface area (Å²) in [6, 6.07) is 27.9. The van der Waals surface area contributed by atoms with E-state index in [0.29, 0.717) is 39.0 Å². The molecule has 1 heterocycles. The minimum atomic E-state index is -0.624. The largest absolute Gasteiger partial charge is 0.497 e. The Hall–Kier alpha value is -4.52. The molecule has 1 aliphatic heterocycles. The zero-order valence-electron chi connectivity index (χ0n) is 22.6. The number of benzene rings is 3. The Balaban J connectivity index is 0.00000141. The Labute approximate surface area is 238 Å². The van der Waals surface area contributed by atoms with Crippen molar-refractivity contribution in [2.75, 3.05) is 30.1 Å². The lowest BCUT2D eigenvalue weighted by atomic mass is 9.82. The number of anilines is 2. The first-order chi connectivity index (χ1) is 19.4. The number of methoxy groups -OCH3 is 1. The second kappa shape index (κ2) is 15.2. The lowest BCUT2D eigenvalue weighted by Gasteiger charge is -2.30. The van der Waals surface area contributed by atoms with E-state index in [9.17, 15) is 14.9 Å². The molecule has 0 bridgehead atoms. The van der Waals surface area contributed by atoms with Crippen molar-refractivity contribution in [3.63, 3.8) is 0 Å². The molecule has 1 atom stereocenters. The molecule has 3 aromatic carbocycles. The molecule has 206 valence electrons. The van der Waals surface area contributed by atoms with Crippen LogP contribution >= 0.6 is 11.8 Å². The number of aliphatic hydroxyl groups is 1. The number of hydrogen-bond acceptors (Lipinski definition) is 7. The van der Waals surface area contributed by atoms with Crippen molar-refractivity contribution in [3.8, 4) is 11.8 Å². The molecule has 0 aromatic heterocycles. The van der Waals surface area contributed by atoms with Gasteiger partial charge in [0, 0.05) is 29.3 Å². The number of carbonyl (C=O) groups excluding carboxylic acids is 2. The zero-order chi connectivity index (χ0) is 28.9. The maximum Gasteiger partial charge on any atom is 0.254 e. The Bertz CT molecular complexity index is 1400. The van der Waals surface area contributed by atoms with Gasteiger partial charge in [-0.2, -0.15) is 5.26 Å². The van der Waals surface area contributed by atoms with Gasteiger partial charge in [0.2, 0.25) is 5.91 Å². The van der Waals surface area contributed by atoms with Crippen LogP contribution in [-0.2, 0) is 9.59 Å². The molecule has 0 saturated carbocycles. The van der Waals surface area contributed by atoms with E-state index < -0.39 is 5.92 Å². The van der Waals surface area contributed by atoms with Crippen molar-refractivity contribution in [2.45, 2.75) is 19.8 Å². The van der Waals surface area contributed by atoms with E-state index in [2.05, 4.69) is 22.0 Å². The fraction of sp³-hybridized carbons (Fsp3) is 0.194. The van der Waals surface area contributed by atoms with Crippen LogP contribution < -0.4 is 20.7 Å². The van der Waals surface area contributed by atoms with Crippen LogP contribution in [0.2, 0.25) is 0 Å². The monoisotopic (exact) mass is 556 g/mol. The molecule has 40 heavy (non-hydrogen) atoms. The molecule has 0 radical (unpaired) electrons. The highest BCUT2D eigenvalue weighted by Crippen LogP contribution is 2.41. The quantitative estimate of drug-likeness (QED) is 0.293. The molecule has 0 saturated heterocycles. The van der Waals surface area contributed by atoms with Crippen LogP contribution in [0.15, 0.2) is 107 Å². The Morgan fingerprint density at radius 1 is 0.975 bits per heavy atom. The van der Waals surface area contributed by atoms with Crippen LogP contribution in [0.25, 0.3) is 0 Å². The van der Waals surface area contributed by atoms with Crippen LogP contribution in [0.1, 0.15) is 25.3 Å². The number of aliphatic hydroxyl groups excluding tert-OH is 1. The molecule has 4 rings (SSSR count). The van der Waals surface area contributed by atoms with Gasteiger partial charge in [-0.25, -0.2) is 0 Å². The summed E-state index contributed by atoms with van der Waals surface area (Å²) in [5.74, 6) is -0.367. The van der Waals surface area contributed by atoms with Crippen LogP contribution in [0.5, 0.6) is 5.75 Å². The number of nitrogens with zero attached hydrogens (tertiary/aromatic N) is 1. The minimum absolute atomic E-state index is 0.0938. The van der Waals surface area contributed by atoms with Gasteiger partial charge in [-0.05, 0) is 55.8 Å². The number of carbonyl (C=O) groups is 2. The van der Waals surface area contributed by atoms with E-state index in [1.165, 1.54) is 11.8 Å². The van der Waals surface area contributed by atoms with E-state index in [-0.39, 0.29) is 24.2 Å². The highest BCUT2D eigenvalue weighted by Gasteiger charge is 2.35. The van der Waals surface area contributed by atoms with Gasteiger partial charge < -0.3 is 25.8 Å². The lowest BCUT2D eigenvalue weighted by molar-refractivity contribution is -0.114. The van der Waals surface area contributed by atoms with Gasteiger partial charge in [0.05, 0.1) is 35.5 Å². The first kappa shape index (κ1) is 30.0. The van der Waals surface area contributed by atoms with Crippen molar-refractivity contribution >= 4 is 35.0 Å². The number of amides is 2. The van der Waals surface area contributed by atoms with Crippen LogP contribution in [0, 0.1) is 11.3 Å². The molecule has 4 N–H and O–H groups in total. The average Bonchev–Trinajstić information content (AvgIpc) is 2.97. The molecule has 8 nitrogen and oxygen atoms in total. The Morgan fingerprint density at radius 3 is 2.05 bits per heavy atom. The molecule has 1 aliphatic rings. The molecular formula is C31H32N4O4S. The third-order valence-corrected chi connectivity index (χ3v) is 6.80. The van der Waals surface area contributed by atoms with Gasteiger partial charge in [0.25, 0.3) is 5.91 Å². The molecule has 3 aromatic rings. The van der Waals surface area contributed by atoms with E-state index in [1.54, 1.807) is 45.2 Å². The summed E-state index contributed by atoms with van der Waals surface area (Å²) in [5.41, 5.74) is 3.53. The fourth-order valence-corrected chi connectivity index (χ4v) is 4.93. The topological polar surface area (TPSA) is 123 Å². The van der Waals surface area contributed by atoms with E-state index in [1.807, 2.05) is 60.7 Å². The Morgan fingerprint density at radius 2 is 1.52 bits per heavy atom. The summed E-state index contributed by atoms with van der Waals surface area (Å²) in [6.45, 7) is 3.73. The molecular weight excluding hydrogens is 524 g/mol. The van der Waals surface area contributed by atoms with Crippen LogP contribution in [0.3, 0.4) is 0 Å². The maximum absolute atomic E-state index is 13.5. The number of nitrogens with one attached hydrogen (secondary N) is 3. The summed E-state index contributed by atoms with van der Waals surface area (Å²) >= 11 is 1.23. The number of dihydropyridines is 1. The minimum Gasteiger partial charge on any atom is -0.497 e. The van der Waals surface area contributed by atoms with E-state index in [0.717, 1.165) is 5.56 Å². The normalized spacial score (nSPS) is 14.2. The van der Waals surface area contributed by atoms with Crippen molar-refractivity contribution < 1.29 is 19.4 Å². The number of ether oxygens (including phenoxy) is 1. The molecule has 0 aliphatic carbocycles. The second-order valence-electron chi connectivity index (χ2n) is 8.56. The van der Waals surface area contributed by atoms with E-state index in [4.69, 9.17) is 9.84 Å². The number of thioether (sulfide) groups is 1. The van der Waals surface area contributed by atoms with Crippen LogP contribution in [-0.4, -0.2) is 36.4 Å². The highest BCUT2D eigenvalue weighted by molar-refractivity contribution is 8.03. The smallest absolute Gasteiger partial charge is 0.254 e. The molecule has 0 fully saturated rings. The fourth-order valence-electron chi connectivity index (χ4n) is 4.03. The number of para-hydroxylation sites is 2. The predicted molar refractivity (Wildman–Crippen MR) is 160 cm³/mol. The highest BCUT2D eigenvalue weighted by atomic mass is 32.2. The number of allylic oxidation sites excluding steroid dienone is 2. The SMILES string of the molecule is CCO.COc1ccc(C2C(C#N)=C(SCC(=O)Nc3ccccc3)NC(C)=C2C(=O)Nc2ccccc2)cc1. The summed E-state index contributed by atoms with van der Waals surface area (Å²) < 4.78 is 5.29. The van der Waals surface area contributed by atoms with Gasteiger partial charge in [0.15, 0.2) is 0 Å². The summed E-state index contributed by atoms with van der Waals surface area (Å²) in [5, 5.41) is 27.3. The van der Waals surface area contributed by atoms with Gasteiger partial charge in [-0.15, -0.1) is 0 Å². The number of rotatable bonds is 8. The zero-order valence-corrected chi connectivity index (χ0v) is 23.4. The molecule has 2 amide bonds. The predicted octanol–water partition coefficient (Wildman–Crippen LogP) is 5.40. The first-order valence-corrected chi connectivity index (χ1v) is 13.6. The van der Waals surface area contributed by atoms with Gasteiger partial charge in [-0.3, -0.25) is 9.59 Å². The lowest BCUT2D eigenvalue weighted by Crippen LogP contribution is -2.31.